The van der Waals surface area contributed by atoms with Gasteiger partial charge in [0.05, 0.1) is 0 Å². The largest absolute Gasteiger partial charge is 0.462 e. The fourth-order valence-corrected chi connectivity index (χ4v) is 11.2. The third-order valence-electron chi connectivity index (χ3n) is 16.5. The summed E-state index contributed by atoms with van der Waals surface area (Å²) in [5, 5.41) is 0. The molecule has 0 radical (unpaired) electrons. The SMILES string of the molecule is CCCCCCCC/C=C\CCCCCCCC(=O)OCC(COC(=O)CCCCCCCCCCCCCCCCCCCCCCCCCC)OC(=O)CCCCCCCCCCCCCCCCCCCCCCC. The maximum atomic E-state index is 13.0. The predicted octanol–water partition coefficient (Wildman–Crippen LogP) is 24.4. The Morgan fingerprint density at radius 2 is 0.423 bits per heavy atom. The number of carbonyl (C=O) groups excluding carboxylic acids is 3. The monoisotopic (exact) mass is 1100 g/mol. The average molecular weight is 1100 g/mol. The molecule has 1 atom stereocenters. The van der Waals surface area contributed by atoms with E-state index in [-0.39, 0.29) is 31.1 Å². The molecule has 1 unspecified atom stereocenters. The molecular formula is C72H138O6. The van der Waals surface area contributed by atoms with Gasteiger partial charge >= 0.3 is 17.9 Å². The Labute approximate surface area is 488 Å². The Bertz CT molecular complexity index is 1210. The first-order valence-electron chi connectivity index (χ1n) is 35.7. The third-order valence-corrected chi connectivity index (χ3v) is 16.5. The predicted molar refractivity (Wildman–Crippen MR) is 340 cm³/mol. The average Bonchev–Trinajstić information content (AvgIpc) is 3.44. The second-order valence-electron chi connectivity index (χ2n) is 24.5. The summed E-state index contributed by atoms with van der Waals surface area (Å²) >= 11 is 0. The Balaban J connectivity index is 4.24. The molecule has 0 spiro atoms. The number of hydrogen-bond donors (Lipinski definition) is 0. The highest BCUT2D eigenvalue weighted by Gasteiger charge is 2.19. The normalized spacial score (nSPS) is 12.0. The summed E-state index contributed by atoms with van der Waals surface area (Å²) in [6.45, 7) is 6.72. The maximum absolute atomic E-state index is 13.0. The Morgan fingerprint density at radius 3 is 0.641 bits per heavy atom. The molecule has 0 saturated carbocycles. The van der Waals surface area contributed by atoms with Crippen molar-refractivity contribution in [2.45, 2.75) is 419 Å². The van der Waals surface area contributed by atoms with Crippen LogP contribution in [-0.2, 0) is 28.6 Å². The quantitative estimate of drug-likeness (QED) is 0.0261. The van der Waals surface area contributed by atoms with Crippen LogP contribution in [0.15, 0.2) is 12.2 Å². The summed E-state index contributed by atoms with van der Waals surface area (Å²) in [6.07, 6.45) is 81.0. The molecule has 0 aliphatic rings. The van der Waals surface area contributed by atoms with Crippen molar-refractivity contribution in [1.29, 1.82) is 0 Å². The van der Waals surface area contributed by atoms with Crippen molar-refractivity contribution < 1.29 is 28.6 Å². The highest BCUT2D eigenvalue weighted by molar-refractivity contribution is 5.71. The molecule has 0 saturated heterocycles. The summed E-state index contributed by atoms with van der Waals surface area (Å²) in [5.41, 5.74) is 0. The van der Waals surface area contributed by atoms with Crippen molar-refractivity contribution in [3.05, 3.63) is 12.2 Å². The molecule has 0 aliphatic carbocycles. The van der Waals surface area contributed by atoms with E-state index >= 15 is 0 Å². The van der Waals surface area contributed by atoms with E-state index in [1.54, 1.807) is 0 Å². The van der Waals surface area contributed by atoms with Gasteiger partial charge in [-0.05, 0) is 44.9 Å². The van der Waals surface area contributed by atoms with E-state index in [0.29, 0.717) is 19.3 Å². The lowest BCUT2D eigenvalue weighted by atomic mass is 10.0. The Morgan fingerprint density at radius 1 is 0.244 bits per heavy atom. The van der Waals surface area contributed by atoms with Crippen LogP contribution < -0.4 is 0 Å². The number of allylic oxidation sites excluding steroid dienone is 2. The maximum Gasteiger partial charge on any atom is 0.306 e. The molecule has 0 rings (SSSR count). The highest BCUT2D eigenvalue weighted by atomic mass is 16.6. The summed E-state index contributed by atoms with van der Waals surface area (Å²) in [5.74, 6) is -0.837. The van der Waals surface area contributed by atoms with Gasteiger partial charge in [0.25, 0.3) is 0 Å². The molecule has 0 N–H and O–H groups in total. The molecule has 0 aromatic carbocycles. The van der Waals surface area contributed by atoms with E-state index in [4.69, 9.17) is 14.2 Å². The minimum absolute atomic E-state index is 0.0655. The van der Waals surface area contributed by atoms with E-state index < -0.39 is 6.10 Å². The second kappa shape index (κ2) is 67.7. The van der Waals surface area contributed by atoms with E-state index in [1.165, 1.54) is 308 Å². The smallest absolute Gasteiger partial charge is 0.306 e. The van der Waals surface area contributed by atoms with Gasteiger partial charge < -0.3 is 14.2 Å². The Hall–Kier alpha value is -1.85. The van der Waals surface area contributed by atoms with Crippen molar-refractivity contribution in [3.8, 4) is 0 Å². The van der Waals surface area contributed by atoms with Crippen LogP contribution >= 0.6 is 0 Å². The van der Waals surface area contributed by atoms with Gasteiger partial charge in [-0.25, -0.2) is 0 Å². The molecule has 0 amide bonds. The molecule has 0 heterocycles. The number of esters is 3. The topological polar surface area (TPSA) is 78.9 Å². The van der Waals surface area contributed by atoms with Crippen LogP contribution in [0.3, 0.4) is 0 Å². The highest BCUT2D eigenvalue weighted by Crippen LogP contribution is 2.19. The van der Waals surface area contributed by atoms with Gasteiger partial charge in [-0.1, -0.05) is 360 Å². The summed E-state index contributed by atoms with van der Waals surface area (Å²) in [7, 11) is 0. The van der Waals surface area contributed by atoms with Crippen LogP contribution in [0.1, 0.15) is 412 Å². The van der Waals surface area contributed by atoms with E-state index in [2.05, 4.69) is 32.9 Å². The third kappa shape index (κ3) is 65.0. The van der Waals surface area contributed by atoms with Crippen LogP contribution in [0.25, 0.3) is 0 Å². The zero-order valence-electron chi connectivity index (χ0n) is 53.2. The van der Waals surface area contributed by atoms with Crippen LogP contribution in [0, 0.1) is 0 Å². The van der Waals surface area contributed by atoms with Gasteiger partial charge in [0.2, 0.25) is 0 Å². The first kappa shape index (κ1) is 76.1. The van der Waals surface area contributed by atoms with Crippen molar-refractivity contribution in [2.24, 2.45) is 0 Å². The standard InChI is InChI=1S/C72H138O6/c1-4-7-10-13-16-19-22-25-28-30-32-34-35-36-38-39-41-44-47-50-53-56-59-62-65-71(74)77-68-69(67-76-70(73)64-61-58-55-52-49-46-43-27-24-21-18-15-12-9-6-3)78-72(75)66-63-60-57-54-51-48-45-42-40-37-33-31-29-26-23-20-17-14-11-8-5-2/h27,43,69H,4-26,28-42,44-68H2,1-3H3/b43-27-. The van der Waals surface area contributed by atoms with Crippen molar-refractivity contribution in [3.63, 3.8) is 0 Å². The lowest BCUT2D eigenvalue weighted by molar-refractivity contribution is -0.167. The zero-order chi connectivity index (χ0) is 56.4. The van der Waals surface area contributed by atoms with Crippen molar-refractivity contribution >= 4 is 17.9 Å². The van der Waals surface area contributed by atoms with E-state index in [0.717, 1.165) is 64.2 Å². The van der Waals surface area contributed by atoms with Crippen LogP contribution in [0.5, 0.6) is 0 Å². The van der Waals surface area contributed by atoms with Crippen LogP contribution in [0.4, 0.5) is 0 Å². The second-order valence-corrected chi connectivity index (χ2v) is 24.5. The van der Waals surface area contributed by atoms with Gasteiger partial charge in [-0.3, -0.25) is 14.4 Å². The molecule has 6 heteroatoms. The molecule has 0 fully saturated rings. The number of carbonyl (C=O) groups is 3. The van der Waals surface area contributed by atoms with Gasteiger partial charge in [0.15, 0.2) is 6.10 Å². The fraction of sp³-hybridized carbons (Fsp3) is 0.931. The van der Waals surface area contributed by atoms with Crippen LogP contribution in [0.2, 0.25) is 0 Å². The molecule has 462 valence electrons. The molecule has 0 aromatic heterocycles. The minimum Gasteiger partial charge on any atom is -0.462 e. The molecule has 78 heavy (non-hydrogen) atoms. The first-order chi connectivity index (χ1) is 38.5. The van der Waals surface area contributed by atoms with Gasteiger partial charge in [-0.2, -0.15) is 0 Å². The molecular weight excluding hydrogens is 961 g/mol. The summed E-state index contributed by atoms with van der Waals surface area (Å²) in [4.78, 5) is 38.4. The summed E-state index contributed by atoms with van der Waals surface area (Å²) in [6, 6.07) is 0. The molecule has 6 nitrogen and oxygen atoms in total. The number of unbranched alkanes of at least 4 members (excludes halogenated alkanes) is 54. The van der Waals surface area contributed by atoms with Gasteiger partial charge in [0, 0.05) is 19.3 Å². The minimum atomic E-state index is -0.770. The lowest BCUT2D eigenvalue weighted by Gasteiger charge is -2.18. The van der Waals surface area contributed by atoms with E-state index in [1.807, 2.05) is 0 Å². The summed E-state index contributed by atoms with van der Waals surface area (Å²) < 4.78 is 17.0. The van der Waals surface area contributed by atoms with Crippen molar-refractivity contribution in [1.82, 2.24) is 0 Å². The first-order valence-corrected chi connectivity index (χ1v) is 35.7. The van der Waals surface area contributed by atoms with Gasteiger partial charge in [0.1, 0.15) is 13.2 Å². The number of hydrogen-bond acceptors (Lipinski definition) is 6. The molecule has 0 aliphatic heterocycles. The Kier molecular flexibility index (Phi) is 66.0. The molecule has 0 aromatic rings. The molecule has 0 bridgehead atoms. The number of ether oxygens (including phenoxy) is 3. The number of rotatable bonds is 67. The van der Waals surface area contributed by atoms with Crippen LogP contribution in [-0.4, -0.2) is 37.2 Å². The van der Waals surface area contributed by atoms with E-state index in [9.17, 15) is 14.4 Å². The lowest BCUT2D eigenvalue weighted by Crippen LogP contribution is -2.30. The zero-order valence-corrected chi connectivity index (χ0v) is 53.2. The van der Waals surface area contributed by atoms with Gasteiger partial charge in [-0.15, -0.1) is 0 Å². The van der Waals surface area contributed by atoms with Crippen molar-refractivity contribution in [2.75, 3.05) is 13.2 Å². The fourth-order valence-electron chi connectivity index (χ4n) is 11.2.